The molecule has 0 spiro atoms. The summed E-state index contributed by atoms with van der Waals surface area (Å²) >= 11 is 0. The lowest BCUT2D eigenvalue weighted by atomic mass is 10.0. The van der Waals surface area contributed by atoms with Gasteiger partial charge in [-0.2, -0.15) is 0 Å². The Hall–Kier alpha value is -2.86. The first kappa shape index (κ1) is 16.0. The molecule has 0 radical (unpaired) electrons. The Bertz CT molecular complexity index is 782. The summed E-state index contributed by atoms with van der Waals surface area (Å²) in [7, 11) is 0. The van der Waals surface area contributed by atoms with Crippen molar-refractivity contribution in [3.05, 3.63) is 107 Å². The van der Waals surface area contributed by atoms with Crippen molar-refractivity contribution < 1.29 is 0 Å². The van der Waals surface area contributed by atoms with Gasteiger partial charge in [0.25, 0.3) is 0 Å². The normalized spacial score (nSPS) is 12.2. The summed E-state index contributed by atoms with van der Waals surface area (Å²) in [6.07, 6.45) is 4.48. The molecule has 24 heavy (non-hydrogen) atoms. The molecule has 0 aromatic heterocycles. The first-order valence-electron chi connectivity index (χ1n) is 8.30. The fourth-order valence-corrected chi connectivity index (χ4v) is 2.81. The van der Waals surface area contributed by atoms with Crippen molar-refractivity contribution in [2.24, 2.45) is 0 Å². The topological polar surface area (TPSA) is 0 Å². The molecule has 0 aliphatic heterocycles. The van der Waals surface area contributed by atoms with Gasteiger partial charge in [0.1, 0.15) is 0 Å². The maximum atomic E-state index is 2.24. The van der Waals surface area contributed by atoms with Crippen LogP contribution in [-0.2, 0) is 0 Å². The van der Waals surface area contributed by atoms with E-state index >= 15 is 0 Å². The van der Waals surface area contributed by atoms with Crippen LogP contribution in [-0.4, -0.2) is 0 Å². The average molecular weight is 310 g/mol. The number of rotatable bonds is 4. The maximum absolute atomic E-state index is 2.24. The largest absolute Gasteiger partial charge is 0.0622 e. The van der Waals surface area contributed by atoms with Crippen LogP contribution in [0.5, 0.6) is 0 Å². The molecule has 0 aliphatic rings. The second kappa shape index (κ2) is 7.61. The van der Waals surface area contributed by atoms with Crippen LogP contribution in [0.15, 0.2) is 84.9 Å². The second-order valence-electron chi connectivity index (χ2n) is 6.06. The van der Waals surface area contributed by atoms with Crippen LogP contribution in [0, 0.1) is 0 Å². The molecule has 3 rings (SSSR count). The third-order valence-corrected chi connectivity index (χ3v) is 4.14. The molecule has 0 fully saturated rings. The zero-order chi connectivity index (χ0) is 16.8. The molecule has 0 heteroatoms. The van der Waals surface area contributed by atoms with Crippen LogP contribution in [0.1, 0.15) is 36.1 Å². The van der Waals surface area contributed by atoms with Crippen molar-refractivity contribution >= 4 is 23.3 Å². The summed E-state index contributed by atoms with van der Waals surface area (Å²) in [6, 6.07) is 29.7. The monoisotopic (exact) mass is 310 g/mol. The summed E-state index contributed by atoms with van der Waals surface area (Å²) in [4.78, 5) is 0. The van der Waals surface area contributed by atoms with E-state index in [0.29, 0.717) is 0 Å². The molecule has 0 saturated heterocycles. The molecule has 0 atom stereocenters. The molecule has 0 heterocycles. The molecule has 118 valence electrons. The molecule has 3 aromatic carbocycles. The second-order valence-corrected chi connectivity index (χ2v) is 6.06. The van der Waals surface area contributed by atoms with Gasteiger partial charge in [0.05, 0.1) is 0 Å². The zero-order valence-electron chi connectivity index (χ0n) is 14.2. The molecule has 0 nitrogen and oxygen atoms in total. The highest BCUT2D eigenvalue weighted by Gasteiger charge is 1.98. The van der Waals surface area contributed by atoms with Gasteiger partial charge in [-0.3, -0.25) is 0 Å². The predicted molar refractivity (Wildman–Crippen MR) is 106 cm³/mol. The average Bonchev–Trinajstić information content (AvgIpc) is 2.63. The minimum Gasteiger partial charge on any atom is -0.0622 e. The summed E-state index contributed by atoms with van der Waals surface area (Å²) < 4.78 is 0. The smallest absolute Gasteiger partial charge is 0.0227 e. The lowest BCUT2D eigenvalue weighted by molar-refractivity contribution is 1.55. The van der Waals surface area contributed by atoms with Gasteiger partial charge in [-0.25, -0.2) is 0 Å². The lowest BCUT2D eigenvalue weighted by Gasteiger charge is -2.04. The third kappa shape index (κ3) is 4.11. The predicted octanol–water partition coefficient (Wildman–Crippen LogP) is 6.81. The fraction of sp³-hybridized carbons (Fsp3) is 0.0833. The first-order valence-corrected chi connectivity index (χ1v) is 8.30. The van der Waals surface area contributed by atoms with E-state index in [-0.39, 0.29) is 0 Å². The van der Waals surface area contributed by atoms with Crippen molar-refractivity contribution in [1.82, 2.24) is 0 Å². The van der Waals surface area contributed by atoms with Gasteiger partial charge in [0.2, 0.25) is 0 Å². The Kier molecular flexibility index (Phi) is 5.08. The Labute approximate surface area is 144 Å². The Balaban J connectivity index is 1.87. The van der Waals surface area contributed by atoms with E-state index in [1.165, 1.54) is 33.4 Å². The fourth-order valence-electron chi connectivity index (χ4n) is 2.81. The molecular weight excluding hydrogens is 288 g/mol. The van der Waals surface area contributed by atoms with Gasteiger partial charge in [0.15, 0.2) is 0 Å². The summed E-state index contributed by atoms with van der Waals surface area (Å²) in [5.41, 5.74) is 7.53. The van der Waals surface area contributed by atoms with E-state index in [1.54, 1.807) is 0 Å². The highest BCUT2D eigenvalue weighted by Crippen LogP contribution is 2.21. The molecule has 0 unspecified atom stereocenters. The molecule has 0 N–H and O–H groups in total. The van der Waals surface area contributed by atoms with Gasteiger partial charge in [-0.05, 0) is 53.3 Å². The van der Waals surface area contributed by atoms with Crippen LogP contribution in [0.25, 0.3) is 23.3 Å². The van der Waals surface area contributed by atoms with E-state index in [4.69, 9.17) is 0 Å². The van der Waals surface area contributed by atoms with Crippen LogP contribution < -0.4 is 0 Å². The van der Waals surface area contributed by atoms with Gasteiger partial charge in [-0.15, -0.1) is 0 Å². The van der Waals surface area contributed by atoms with Crippen molar-refractivity contribution in [3.8, 4) is 0 Å². The number of benzene rings is 3. The van der Waals surface area contributed by atoms with Gasteiger partial charge in [-0.1, -0.05) is 91.0 Å². The van der Waals surface area contributed by atoms with E-state index in [0.717, 1.165) is 0 Å². The SMILES string of the molecule is C/C(=C\c1cccc(/C=C(\C)c2ccccc2)c1)c1ccccc1. The number of hydrogen-bond donors (Lipinski definition) is 0. The van der Waals surface area contributed by atoms with E-state index in [2.05, 4.69) is 111 Å². The summed E-state index contributed by atoms with van der Waals surface area (Å²) in [5.74, 6) is 0. The van der Waals surface area contributed by atoms with Gasteiger partial charge >= 0.3 is 0 Å². The molecule has 0 amide bonds. The Morgan fingerprint density at radius 2 is 0.958 bits per heavy atom. The van der Waals surface area contributed by atoms with E-state index in [1.807, 2.05) is 0 Å². The van der Waals surface area contributed by atoms with Gasteiger partial charge < -0.3 is 0 Å². The van der Waals surface area contributed by atoms with Crippen LogP contribution in [0.3, 0.4) is 0 Å². The molecule has 0 aliphatic carbocycles. The molecule has 0 saturated carbocycles. The Morgan fingerprint density at radius 3 is 1.38 bits per heavy atom. The maximum Gasteiger partial charge on any atom is -0.0227 e. The number of hydrogen-bond acceptors (Lipinski definition) is 0. The van der Waals surface area contributed by atoms with Crippen molar-refractivity contribution in [1.29, 1.82) is 0 Å². The third-order valence-electron chi connectivity index (χ3n) is 4.14. The molecular formula is C24H22. The van der Waals surface area contributed by atoms with E-state index < -0.39 is 0 Å². The molecule has 0 bridgehead atoms. The highest BCUT2D eigenvalue weighted by molar-refractivity contribution is 5.83. The van der Waals surface area contributed by atoms with Crippen molar-refractivity contribution in [2.75, 3.05) is 0 Å². The van der Waals surface area contributed by atoms with Gasteiger partial charge in [0, 0.05) is 0 Å². The first-order chi connectivity index (χ1) is 11.7. The lowest BCUT2D eigenvalue weighted by Crippen LogP contribution is -1.82. The summed E-state index contributed by atoms with van der Waals surface area (Å²) in [6.45, 7) is 4.32. The number of allylic oxidation sites excluding steroid dienone is 2. The Morgan fingerprint density at radius 1 is 0.542 bits per heavy atom. The van der Waals surface area contributed by atoms with E-state index in [9.17, 15) is 0 Å². The van der Waals surface area contributed by atoms with Crippen LogP contribution in [0.2, 0.25) is 0 Å². The van der Waals surface area contributed by atoms with Crippen LogP contribution >= 0.6 is 0 Å². The standard InChI is InChI=1S/C24H22/c1-19(23-12-5-3-6-13-23)16-21-10-9-11-22(18-21)17-20(2)24-14-7-4-8-15-24/h3-18H,1-2H3/b19-16+,20-17+. The molecule has 3 aromatic rings. The minimum atomic E-state index is 1.23. The minimum absolute atomic E-state index is 1.23. The van der Waals surface area contributed by atoms with Crippen LogP contribution in [0.4, 0.5) is 0 Å². The van der Waals surface area contributed by atoms with Crippen molar-refractivity contribution in [3.63, 3.8) is 0 Å². The van der Waals surface area contributed by atoms with Crippen molar-refractivity contribution in [2.45, 2.75) is 13.8 Å². The highest BCUT2D eigenvalue weighted by atomic mass is 14.0. The zero-order valence-corrected chi connectivity index (χ0v) is 14.2. The summed E-state index contributed by atoms with van der Waals surface area (Å²) in [5, 5.41) is 0. The quantitative estimate of drug-likeness (QED) is 0.464.